The van der Waals surface area contributed by atoms with E-state index in [0.29, 0.717) is 5.95 Å². The van der Waals surface area contributed by atoms with Gasteiger partial charge < -0.3 is 5.32 Å². The number of rotatable bonds is 4. The predicted molar refractivity (Wildman–Crippen MR) is 63.3 cm³/mol. The van der Waals surface area contributed by atoms with E-state index in [1.807, 2.05) is 6.20 Å². The second-order valence-corrected chi connectivity index (χ2v) is 4.06. The van der Waals surface area contributed by atoms with E-state index >= 15 is 0 Å². The maximum Gasteiger partial charge on any atom is 0.222 e. The van der Waals surface area contributed by atoms with E-state index in [9.17, 15) is 0 Å². The molecule has 0 saturated heterocycles. The molecule has 2 rings (SSSR count). The average molecular weight is 316 g/mol. The molecule has 2 heterocycles. The molecule has 0 aliphatic rings. The number of nitrogens with zero attached hydrogens (tertiary/aromatic N) is 5. The van der Waals surface area contributed by atoms with Crippen LogP contribution >= 0.6 is 22.6 Å². The van der Waals surface area contributed by atoms with Gasteiger partial charge in [0.25, 0.3) is 0 Å². The molecule has 1 N–H and O–H groups in total. The largest absolute Gasteiger partial charge is 0.352 e. The van der Waals surface area contributed by atoms with Gasteiger partial charge in [0.1, 0.15) is 0 Å². The number of halogens is 1. The summed E-state index contributed by atoms with van der Waals surface area (Å²) in [6.07, 6.45) is 7.01. The van der Waals surface area contributed by atoms with Gasteiger partial charge in [0.05, 0.1) is 12.7 Å². The van der Waals surface area contributed by atoms with Gasteiger partial charge in [0.15, 0.2) is 0 Å². The lowest BCUT2D eigenvalue weighted by Crippen LogP contribution is -2.12. The SMILES string of the molecule is Ic1cnc(NCCn2ccnn2)nc1. The third-order valence-corrected chi connectivity index (χ3v) is 2.27. The minimum atomic E-state index is 0.635. The maximum absolute atomic E-state index is 4.12. The van der Waals surface area contributed by atoms with Crippen LogP contribution in [0.15, 0.2) is 24.8 Å². The molecule has 0 radical (unpaired) electrons. The fourth-order valence-electron chi connectivity index (χ4n) is 1.04. The Morgan fingerprint density at radius 3 is 2.80 bits per heavy atom. The molecule has 78 valence electrons. The lowest BCUT2D eigenvalue weighted by atomic mass is 10.6. The van der Waals surface area contributed by atoms with Gasteiger partial charge in [0.2, 0.25) is 5.95 Å². The average Bonchev–Trinajstić information content (AvgIpc) is 2.74. The van der Waals surface area contributed by atoms with Crippen molar-refractivity contribution in [2.75, 3.05) is 11.9 Å². The zero-order valence-electron chi connectivity index (χ0n) is 7.84. The Morgan fingerprint density at radius 1 is 1.33 bits per heavy atom. The van der Waals surface area contributed by atoms with Gasteiger partial charge in [0, 0.05) is 28.7 Å². The van der Waals surface area contributed by atoms with Crippen molar-refractivity contribution in [1.29, 1.82) is 0 Å². The summed E-state index contributed by atoms with van der Waals surface area (Å²) in [4.78, 5) is 8.24. The summed E-state index contributed by atoms with van der Waals surface area (Å²) in [5.41, 5.74) is 0. The fourth-order valence-corrected chi connectivity index (χ4v) is 1.32. The molecule has 0 unspecified atom stereocenters. The highest BCUT2D eigenvalue weighted by atomic mass is 127. The molecule has 2 aromatic heterocycles. The van der Waals surface area contributed by atoms with Crippen molar-refractivity contribution in [3.05, 3.63) is 28.4 Å². The molecule has 2 aromatic rings. The second-order valence-electron chi connectivity index (χ2n) is 2.82. The van der Waals surface area contributed by atoms with Crippen molar-refractivity contribution >= 4 is 28.5 Å². The number of nitrogens with one attached hydrogen (secondary N) is 1. The molecular formula is C8H9IN6. The Labute approximate surface area is 100 Å². The zero-order valence-corrected chi connectivity index (χ0v) is 10.00. The highest BCUT2D eigenvalue weighted by Crippen LogP contribution is 2.02. The summed E-state index contributed by atoms with van der Waals surface area (Å²) >= 11 is 2.17. The van der Waals surface area contributed by atoms with Gasteiger partial charge in [-0.3, -0.25) is 4.68 Å². The minimum absolute atomic E-state index is 0.635. The van der Waals surface area contributed by atoms with Crippen molar-refractivity contribution in [2.45, 2.75) is 6.54 Å². The number of aromatic nitrogens is 5. The molecule has 0 amide bonds. The Balaban J connectivity index is 1.81. The molecule has 0 aliphatic heterocycles. The van der Waals surface area contributed by atoms with Gasteiger partial charge in [-0.2, -0.15) is 0 Å². The van der Waals surface area contributed by atoms with E-state index in [0.717, 1.165) is 16.7 Å². The van der Waals surface area contributed by atoms with Crippen molar-refractivity contribution < 1.29 is 0 Å². The Hall–Kier alpha value is -1.25. The van der Waals surface area contributed by atoms with E-state index < -0.39 is 0 Å². The lowest BCUT2D eigenvalue weighted by Gasteiger charge is -2.03. The molecule has 7 heteroatoms. The highest BCUT2D eigenvalue weighted by Gasteiger charge is 1.95. The first kappa shape index (κ1) is 10.3. The van der Waals surface area contributed by atoms with Crippen LogP contribution in [0.4, 0.5) is 5.95 Å². The van der Waals surface area contributed by atoms with E-state index in [-0.39, 0.29) is 0 Å². The molecule has 0 spiro atoms. The summed E-state index contributed by atoms with van der Waals surface area (Å²) in [5.74, 6) is 0.635. The third-order valence-electron chi connectivity index (χ3n) is 1.72. The quantitative estimate of drug-likeness (QED) is 0.845. The first-order valence-electron chi connectivity index (χ1n) is 4.40. The second kappa shape index (κ2) is 5.01. The van der Waals surface area contributed by atoms with Crippen LogP contribution in [0.5, 0.6) is 0 Å². The summed E-state index contributed by atoms with van der Waals surface area (Å²) in [5, 5.41) is 10.7. The van der Waals surface area contributed by atoms with Crippen molar-refractivity contribution in [3.8, 4) is 0 Å². The molecule has 0 bridgehead atoms. The first-order chi connectivity index (χ1) is 7.34. The third kappa shape index (κ3) is 3.11. The monoisotopic (exact) mass is 316 g/mol. The minimum Gasteiger partial charge on any atom is -0.352 e. The number of hydrogen-bond donors (Lipinski definition) is 1. The first-order valence-corrected chi connectivity index (χ1v) is 5.48. The van der Waals surface area contributed by atoms with Gasteiger partial charge in [-0.15, -0.1) is 5.10 Å². The van der Waals surface area contributed by atoms with Crippen LogP contribution in [0.2, 0.25) is 0 Å². The van der Waals surface area contributed by atoms with E-state index in [4.69, 9.17) is 0 Å². The lowest BCUT2D eigenvalue weighted by molar-refractivity contribution is 0.607. The summed E-state index contributed by atoms with van der Waals surface area (Å²) in [6, 6.07) is 0. The summed E-state index contributed by atoms with van der Waals surface area (Å²) < 4.78 is 2.77. The smallest absolute Gasteiger partial charge is 0.222 e. The molecule has 0 atom stereocenters. The van der Waals surface area contributed by atoms with Crippen molar-refractivity contribution in [1.82, 2.24) is 25.0 Å². The van der Waals surface area contributed by atoms with Crippen LogP contribution in [-0.2, 0) is 6.54 Å². The summed E-state index contributed by atoms with van der Waals surface area (Å²) in [7, 11) is 0. The van der Waals surface area contributed by atoms with Gasteiger partial charge in [-0.25, -0.2) is 9.97 Å². The van der Waals surface area contributed by atoms with Crippen molar-refractivity contribution in [2.24, 2.45) is 0 Å². The van der Waals surface area contributed by atoms with Gasteiger partial charge in [-0.05, 0) is 22.6 Å². The standard InChI is InChI=1S/C8H9IN6/c9-7-5-11-8(12-6-7)10-1-3-15-4-2-13-14-15/h2,4-6H,1,3H2,(H,10,11,12). The fraction of sp³-hybridized carbons (Fsp3) is 0.250. The van der Waals surface area contributed by atoms with E-state index in [1.54, 1.807) is 23.3 Å². The van der Waals surface area contributed by atoms with Gasteiger partial charge >= 0.3 is 0 Å². The van der Waals surface area contributed by atoms with Crippen LogP contribution in [-0.4, -0.2) is 31.5 Å². The molecule has 0 fully saturated rings. The van der Waals surface area contributed by atoms with E-state index in [1.165, 1.54) is 0 Å². The van der Waals surface area contributed by atoms with Crippen LogP contribution in [0.25, 0.3) is 0 Å². The highest BCUT2D eigenvalue weighted by molar-refractivity contribution is 14.1. The zero-order chi connectivity index (χ0) is 10.5. The normalized spacial score (nSPS) is 10.2. The van der Waals surface area contributed by atoms with Crippen LogP contribution in [0.3, 0.4) is 0 Å². The molecule has 0 saturated carbocycles. The summed E-state index contributed by atoms with van der Waals surface area (Å²) in [6.45, 7) is 1.47. The molecule has 15 heavy (non-hydrogen) atoms. The number of anilines is 1. The molecule has 6 nitrogen and oxygen atoms in total. The maximum atomic E-state index is 4.12. The predicted octanol–water partition coefficient (Wildman–Crippen LogP) is 0.785. The van der Waals surface area contributed by atoms with Crippen LogP contribution in [0.1, 0.15) is 0 Å². The molecule has 0 aromatic carbocycles. The topological polar surface area (TPSA) is 68.5 Å². The molecular weight excluding hydrogens is 307 g/mol. The van der Waals surface area contributed by atoms with Crippen molar-refractivity contribution in [3.63, 3.8) is 0 Å². The van der Waals surface area contributed by atoms with Crippen LogP contribution < -0.4 is 5.32 Å². The van der Waals surface area contributed by atoms with Gasteiger partial charge in [-0.1, -0.05) is 5.21 Å². The van der Waals surface area contributed by atoms with Crippen LogP contribution in [0, 0.1) is 3.57 Å². The van der Waals surface area contributed by atoms with E-state index in [2.05, 4.69) is 48.2 Å². The Morgan fingerprint density at radius 2 is 2.13 bits per heavy atom. The Kier molecular flexibility index (Phi) is 3.43. The Bertz CT molecular complexity index is 398. The molecule has 0 aliphatic carbocycles. The number of hydrogen-bond acceptors (Lipinski definition) is 5.